The molecule has 0 unspecified atom stereocenters. The molecule has 2 heterocycles. The molecule has 2 aromatic heterocycles. The van der Waals surface area contributed by atoms with Crippen LogP contribution in [0.4, 0.5) is 0 Å². The number of nitrogens with zero attached hydrogens (tertiary/aromatic N) is 4. The molecule has 0 radical (unpaired) electrons. The number of aromatic nitrogens is 4. The third-order valence-corrected chi connectivity index (χ3v) is 2.15. The predicted molar refractivity (Wildman–Crippen MR) is 62.4 cm³/mol. The van der Waals surface area contributed by atoms with E-state index >= 15 is 0 Å². The maximum absolute atomic E-state index is 4.94. The molecule has 2 aromatic rings. The van der Waals surface area contributed by atoms with Crippen molar-refractivity contribution in [2.24, 2.45) is 0 Å². The second-order valence-corrected chi connectivity index (χ2v) is 3.36. The number of hydrogen-bond acceptors (Lipinski definition) is 6. The molecule has 6 heteroatoms. The number of rotatable bonds is 4. The number of ether oxygens (including phenoxy) is 1. The van der Waals surface area contributed by atoms with Gasteiger partial charge in [-0.1, -0.05) is 0 Å². The lowest BCUT2D eigenvalue weighted by Gasteiger charge is -2.02. The molecule has 0 fully saturated rings. The monoisotopic (exact) mass is 231 g/mol. The van der Waals surface area contributed by atoms with Gasteiger partial charge in [0.1, 0.15) is 5.69 Å². The Morgan fingerprint density at radius 3 is 2.76 bits per heavy atom. The second kappa shape index (κ2) is 5.31. The van der Waals surface area contributed by atoms with E-state index in [2.05, 4.69) is 25.5 Å². The molecule has 0 saturated heterocycles. The van der Waals surface area contributed by atoms with Crippen LogP contribution in [0.15, 0.2) is 24.4 Å². The summed E-state index contributed by atoms with van der Waals surface area (Å²) in [5, 5.41) is 10.9. The van der Waals surface area contributed by atoms with Crippen LogP contribution in [0.1, 0.15) is 5.69 Å². The summed E-state index contributed by atoms with van der Waals surface area (Å²) in [7, 11) is 3.42. The maximum atomic E-state index is 4.94. The standard InChI is InChI=1S/C11H13N5O/c1-12-7-8-5-6-13-11(14-8)9-3-4-10(17-2)16-15-9/h3-6,12H,7H2,1-2H3. The summed E-state index contributed by atoms with van der Waals surface area (Å²) < 4.78 is 4.94. The van der Waals surface area contributed by atoms with Crippen molar-refractivity contribution in [3.63, 3.8) is 0 Å². The van der Waals surface area contributed by atoms with Gasteiger partial charge in [-0.05, 0) is 19.2 Å². The summed E-state index contributed by atoms with van der Waals surface area (Å²) >= 11 is 0. The van der Waals surface area contributed by atoms with Crippen molar-refractivity contribution in [1.82, 2.24) is 25.5 Å². The average molecular weight is 231 g/mol. The molecule has 2 rings (SSSR count). The molecule has 1 N–H and O–H groups in total. The zero-order valence-corrected chi connectivity index (χ0v) is 9.71. The molecule has 0 atom stereocenters. The van der Waals surface area contributed by atoms with E-state index < -0.39 is 0 Å². The lowest BCUT2D eigenvalue weighted by atomic mass is 10.3. The lowest BCUT2D eigenvalue weighted by Crippen LogP contribution is -2.08. The molecular weight excluding hydrogens is 218 g/mol. The van der Waals surface area contributed by atoms with Crippen LogP contribution in [0.25, 0.3) is 11.5 Å². The largest absolute Gasteiger partial charge is 0.480 e. The van der Waals surface area contributed by atoms with E-state index in [4.69, 9.17) is 4.74 Å². The van der Waals surface area contributed by atoms with Gasteiger partial charge in [0.2, 0.25) is 5.88 Å². The van der Waals surface area contributed by atoms with Gasteiger partial charge in [-0.25, -0.2) is 9.97 Å². The number of hydrogen-bond donors (Lipinski definition) is 1. The van der Waals surface area contributed by atoms with Crippen molar-refractivity contribution in [1.29, 1.82) is 0 Å². The van der Waals surface area contributed by atoms with E-state index in [0.29, 0.717) is 23.9 Å². The van der Waals surface area contributed by atoms with Gasteiger partial charge < -0.3 is 10.1 Å². The SMILES string of the molecule is CNCc1ccnc(-c2ccc(OC)nn2)n1. The van der Waals surface area contributed by atoms with Crippen LogP contribution in [0, 0.1) is 0 Å². The summed E-state index contributed by atoms with van der Waals surface area (Å²) in [4.78, 5) is 8.54. The fourth-order valence-corrected chi connectivity index (χ4v) is 1.35. The van der Waals surface area contributed by atoms with Crippen LogP contribution in [0.2, 0.25) is 0 Å². The highest BCUT2D eigenvalue weighted by molar-refractivity contribution is 5.48. The quantitative estimate of drug-likeness (QED) is 0.833. The third-order valence-electron chi connectivity index (χ3n) is 2.15. The number of nitrogens with one attached hydrogen (secondary N) is 1. The Kier molecular flexibility index (Phi) is 3.56. The van der Waals surface area contributed by atoms with Gasteiger partial charge in [0, 0.05) is 18.8 Å². The van der Waals surface area contributed by atoms with E-state index in [9.17, 15) is 0 Å². The van der Waals surface area contributed by atoms with Gasteiger partial charge >= 0.3 is 0 Å². The van der Waals surface area contributed by atoms with Crippen LogP contribution >= 0.6 is 0 Å². The smallest absolute Gasteiger partial charge is 0.233 e. The minimum Gasteiger partial charge on any atom is -0.480 e. The Hall–Kier alpha value is -2.08. The Morgan fingerprint density at radius 2 is 2.12 bits per heavy atom. The van der Waals surface area contributed by atoms with E-state index in [-0.39, 0.29) is 0 Å². The van der Waals surface area contributed by atoms with Crippen molar-refractivity contribution in [3.8, 4) is 17.4 Å². The third kappa shape index (κ3) is 2.73. The van der Waals surface area contributed by atoms with Crippen molar-refractivity contribution in [3.05, 3.63) is 30.1 Å². The summed E-state index contributed by atoms with van der Waals surface area (Å²) in [6, 6.07) is 5.37. The predicted octanol–water partition coefficient (Wildman–Crippen LogP) is 0.662. The molecule has 0 aromatic carbocycles. The molecule has 6 nitrogen and oxygen atoms in total. The highest BCUT2D eigenvalue weighted by Gasteiger charge is 2.05. The van der Waals surface area contributed by atoms with Gasteiger partial charge in [-0.2, -0.15) is 0 Å². The van der Waals surface area contributed by atoms with E-state index in [0.717, 1.165) is 5.69 Å². The molecule has 17 heavy (non-hydrogen) atoms. The molecule has 0 bridgehead atoms. The fraction of sp³-hybridized carbons (Fsp3) is 0.273. The highest BCUT2D eigenvalue weighted by Crippen LogP contribution is 2.13. The number of methoxy groups -OCH3 is 1. The second-order valence-electron chi connectivity index (χ2n) is 3.36. The first-order chi connectivity index (χ1) is 8.33. The Morgan fingerprint density at radius 1 is 1.24 bits per heavy atom. The zero-order valence-electron chi connectivity index (χ0n) is 9.71. The lowest BCUT2D eigenvalue weighted by molar-refractivity contribution is 0.392. The molecule has 0 aliphatic carbocycles. The van der Waals surface area contributed by atoms with Crippen molar-refractivity contribution in [2.75, 3.05) is 14.2 Å². The zero-order chi connectivity index (χ0) is 12.1. The van der Waals surface area contributed by atoms with E-state index in [1.807, 2.05) is 13.1 Å². The van der Waals surface area contributed by atoms with Gasteiger partial charge in [0.05, 0.1) is 12.8 Å². The average Bonchev–Trinajstić information content (AvgIpc) is 2.40. The van der Waals surface area contributed by atoms with Gasteiger partial charge in [-0.3, -0.25) is 0 Å². The van der Waals surface area contributed by atoms with Gasteiger partial charge in [0.25, 0.3) is 0 Å². The van der Waals surface area contributed by atoms with Crippen LogP contribution in [0.3, 0.4) is 0 Å². The Balaban J connectivity index is 2.28. The summed E-state index contributed by atoms with van der Waals surface area (Å²) in [5.74, 6) is 1.04. The minimum atomic E-state index is 0.472. The maximum Gasteiger partial charge on any atom is 0.233 e. The minimum absolute atomic E-state index is 0.472. The van der Waals surface area contributed by atoms with Gasteiger partial charge in [0.15, 0.2) is 5.82 Å². The molecule has 0 spiro atoms. The van der Waals surface area contributed by atoms with Crippen molar-refractivity contribution < 1.29 is 4.74 Å². The fourth-order valence-electron chi connectivity index (χ4n) is 1.35. The van der Waals surface area contributed by atoms with Crippen molar-refractivity contribution in [2.45, 2.75) is 6.54 Å². The van der Waals surface area contributed by atoms with Gasteiger partial charge in [-0.15, -0.1) is 10.2 Å². The van der Waals surface area contributed by atoms with Crippen LogP contribution in [0.5, 0.6) is 5.88 Å². The summed E-state index contributed by atoms with van der Waals surface area (Å²) in [5.41, 5.74) is 1.54. The Labute approximate surface area is 99.1 Å². The molecule has 0 saturated carbocycles. The Bertz CT molecular complexity index is 485. The first-order valence-electron chi connectivity index (χ1n) is 5.18. The van der Waals surface area contributed by atoms with Crippen LogP contribution < -0.4 is 10.1 Å². The first-order valence-corrected chi connectivity index (χ1v) is 5.18. The van der Waals surface area contributed by atoms with Crippen LogP contribution in [-0.2, 0) is 6.54 Å². The highest BCUT2D eigenvalue weighted by atomic mass is 16.5. The molecule has 0 aliphatic rings. The molecule has 0 aliphatic heterocycles. The molecular formula is C11H13N5O. The molecule has 88 valence electrons. The van der Waals surface area contributed by atoms with E-state index in [1.54, 1.807) is 25.4 Å². The van der Waals surface area contributed by atoms with E-state index in [1.165, 1.54) is 0 Å². The summed E-state index contributed by atoms with van der Waals surface area (Å²) in [6.07, 6.45) is 1.71. The topological polar surface area (TPSA) is 72.8 Å². The van der Waals surface area contributed by atoms with Crippen LogP contribution in [-0.4, -0.2) is 34.3 Å². The molecule has 0 amide bonds. The normalized spacial score (nSPS) is 10.2. The first kappa shape index (κ1) is 11.4. The van der Waals surface area contributed by atoms with Crippen molar-refractivity contribution >= 4 is 0 Å². The summed E-state index contributed by atoms with van der Waals surface area (Å²) in [6.45, 7) is 0.694.